The number of methoxy groups -OCH3 is 2. The van der Waals surface area contributed by atoms with Crippen LogP contribution in [0.2, 0.25) is 5.28 Å². The van der Waals surface area contributed by atoms with E-state index in [0.29, 0.717) is 12.4 Å². The quantitative estimate of drug-likeness (QED) is 0.853. The number of nitrogens with one attached hydrogen (secondary N) is 1. The SMILES string of the molecule is COc1ccc(OC)c(CNc2ccnc(Cl)n2)c1. The summed E-state index contributed by atoms with van der Waals surface area (Å²) in [5.41, 5.74) is 0.969. The highest BCUT2D eigenvalue weighted by Crippen LogP contribution is 2.24. The molecule has 0 aliphatic rings. The molecule has 2 aromatic rings. The predicted molar refractivity (Wildman–Crippen MR) is 73.9 cm³/mol. The monoisotopic (exact) mass is 279 g/mol. The summed E-state index contributed by atoms with van der Waals surface area (Å²) in [5.74, 6) is 2.22. The summed E-state index contributed by atoms with van der Waals surface area (Å²) in [4.78, 5) is 7.88. The highest BCUT2D eigenvalue weighted by molar-refractivity contribution is 6.28. The first-order chi connectivity index (χ1) is 9.22. The van der Waals surface area contributed by atoms with E-state index in [4.69, 9.17) is 21.1 Å². The lowest BCUT2D eigenvalue weighted by Crippen LogP contribution is -2.04. The highest BCUT2D eigenvalue weighted by Gasteiger charge is 2.05. The molecule has 1 heterocycles. The van der Waals surface area contributed by atoms with Gasteiger partial charge in [-0.2, -0.15) is 0 Å². The van der Waals surface area contributed by atoms with Crippen molar-refractivity contribution in [3.8, 4) is 11.5 Å². The number of halogens is 1. The number of rotatable bonds is 5. The number of benzene rings is 1. The maximum atomic E-state index is 5.73. The fourth-order valence-electron chi connectivity index (χ4n) is 1.64. The molecule has 0 aliphatic heterocycles. The summed E-state index contributed by atoms with van der Waals surface area (Å²) >= 11 is 5.73. The molecule has 0 atom stereocenters. The van der Waals surface area contributed by atoms with Crippen LogP contribution in [0.4, 0.5) is 5.82 Å². The van der Waals surface area contributed by atoms with Crippen molar-refractivity contribution in [2.45, 2.75) is 6.54 Å². The van der Waals surface area contributed by atoms with Gasteiger partial charge in [-0.1, -0.05) is 0 Å². The average Bonchev–Trinajstić information content (AvgIpc) is 2.45. The smallest absolute Gasteiger partial charge is 0.224 e. The van der Waals surface area contributed by atoms with Gasteiger partial charge in [-0.15, -0.1) is 0 Å². The Balaban J connectivity index is 2.14. The van der Waals surface area contributed by atoms with Gasteiger partial charge < -0.3 is 14.8 Å². The number of anilines is 1. The minimum Gasteiger partial charge on any atom is -0.497 e. The Hall–Kier alpha value is -2.01. The molecule has 100 valence electrons. The van der Waals surface area contributed by atoms with Crippen molar-refractivity contribution >= 4 is 17.4 Å². The van der Waals surface area contributed by atoms with Gasteiger partial charge in [0.1, 0.15) is 17.3 Å². The number of nitrogens with zero attached hydrogens (tertiary/aromatic N) is 2. The highest BCUT2D eigenvalue weighted by atomic mass is 35.5. The minimum atomic E-state index is 0.211. The van der Waals surface area contributed by atoms with Crippen molar-refractivity contribution in [3.05, 3.63) is 41.3 Å². The van der Waals surface area contributed by atoms with Gasteiger partial charge in [0.25, 0.3) is 0 Å². The Bertz CT molecular complexity index is 563. The second-order valence-electron chi connectivity index (χ2n) is 3.74. The van der Waals surface area contributed by atoms with Crippen molar-refractivity contribution < 1.29 is 9.47 Å². The molecular weight excluding hydrogens is 266 g/mol. The van der Waals surface area contributed by atoms with Crippen molar-refractivity contribution in [2.75, 3.05) is 19.5 Å². The maximum absolute atomic E-state index is 5.73. The Morgan fingerprint density at radius 3 is 2.74 bits per heavy atom. The van der Waals surface area contributed by atoms with Gasteiger partial charge in [-0.05, 0) is 35.9 Å². The van der Waals surface area contributed by atoms with Crippen LogP contribution in [0.15, 0.2) is 30.5 Å². The molecule has 1 aromatic carbocycles. The van der Waals surface area contributed by atoms with Crippen LogP contribution >= 0.6 is 11.6 Å². The number of hydrogen-bond donors (Lipinski definition) is 1. The summed E-state index contributed by atoms with van der Waals surface area (Å²) < 4.78 is 10.5. The van der Waals surface area contributed by atoms with E-state index >= 15 is 0 Å². The van der Waals surface area contributed by atoms with Crippen LogP contribution in [0, 0.1) is 0 Å². The fraction of sp³-hybridized carbons (Fsp3) is 0.231. The van der Waals surface area contributed by atoms with Crippen LogP contribution in [0.1, 0.15) is 5.56 Å². The van der Waals surface area contributed by atoms with E-state index in [2.05, 4.69) is 15.3 Å². The maximum Gasteiger partial charge on any atom is 0.224 e. The van der Waals surface area contributed by atoms with E-state index in [-0.39, 0.29) is 5.28 Å². The second kappa shape index (κ2) is 6.24. The van der Waals surface area contributed by atoms with Crippen LogP contribution in [0.5, 0.6) is 11.5 Å². The third-order valence-corrected chi connectivity index (χ3v) is 2.76. The molecule has 0 bridgehead atoms. The molecule has 0 aliphatic carbocycles. The molecule has 6 heteroatoms. The molecule has 5 nitrogen and oxygen atoms in total. The molecule has 19 heavy (non-hydrogen) atoms. The molecule has 1 aromatic heterocycles. The molecular formula is C13H14ClN3O2. The summed E-state index contributed by atoms with van der Waals surface area (Å²) in [5, 5.41) is 3.37. The van der Waals surface area contributed by atoms with Gasteiger partial charge in [0, 0.05) is 18.3 Å². The lowest BCUT2D eigenvalue weighted by molar-refractivity contribution is 0.399. The number of hydrogen-bond acceptors (Lipinski definition) is 5. The first-order valence-corrected chi connectivity index (χ1v) is 6.04. The van der Waals surface area contributed by atoms with Crippen LogP contribution in [0.3, 0.4) is 0 Å². The zero-order valence-electron chi connectivity index (χ0n) is 10.7. The van der Waals surface area contributed by atoms with Crippen LogP contribution in [0.25, 0.3) is 0 Å². The Morgan fingerprint density at radius 2 is 2.05 bits per heavy atom. The standard InChI is InChI=1S/C13H14ClN3O2/c1-18-10-3-4-11(19-2)9(7-10)8-16-12-5-6-15-13(14)17-12/h3-7H,8H2,1-2H3,(H,15,16,17). The van der Waals surface area contributed by atoms with Gasteiger partial charge in [0.15, 0.2) is 0 Å². The largest absolute Gasteiger partial charge is 0.497 e. The Morgan fingerprint density at radius 1 is 1.21 bits per heavy atom. The van der Waals surface area contributed by atoms with Crippen LogP contribution in [-0.4, -0.2) is 24.2 Å². The van der Waals surface area contributed by atoms with Gasteiger partial charge >= 0.3 is 0 Å². The van der Waals surface area contributed by atoms with Gasteiger partial charge in [-0.3, -0.25) is 0 Å². The van der Waals surface area contributed by atoms with E-state index in [1.807, 2.05) is 18.2 Å². The third kappa shape index (κ3) is 3.48. The lowest BCUT2D eigenvalue weighted by Gasteiger charge is -2.11. The first kappa shape index (κ1) is 13.4. The first-order valence-electron chi connectivity index (χ1n) is 5.66. The minimum absolute atomic E-state index is 0.211. The van der Waals surface area contributed by atoms with E-state index in [0.717, 1.165) is 17.1 Å². The molecule has 0 amide bonds. The van der Waals surface area contributed by atoms with Crippen LogP contribution < -0.4 is 14.8 Å². The molecule has 0 fully saturated rings. The molecule has 0 saturated heterocycles. The molecule has 1 N–H and O–H groups in total. The van der Waals surface area contributed by atoms with Gasteiger partial charge in [0.05, 0.1) is 14.2 Å². The normalized spacial score (nSPS) is 10.1. The second-order valence-corrected chi connectivity index (χ2v) is 4.08. The fourth-order valence-corrected chi connectivity index (χ4v) is 1.79. The van der Waals surface area contributed by atoms with Crippen LogP contribution in [-0.2, 0) is 6.54 Å². The summed E-state index contributed by atoms with van der Waals surface area (Å²) in [6, 6.07) is 7.37. The predicted octanol–water partition coefficient (Wildman–Crippen LogP) is 2.76. The average molecular weight is 280 g/mol. The summed E-state index contributed by atoms with van der Waals surface area (Å²) in [7, 11) is 3.26. The van der Waals surface area contributed by atoms with E-state index in [1.54, 1.807) is 26.5 Å². The Kier molecular flexibility index (Phi) is 4.41. The zero-order valence-corrected chi connectivity index (χ0v) is 11.4. The number of aromatic nitrogens is 2. The zero-order chi connectivity index (χ0) is 13.7. The molecule has 2 rings (SSSR count). The van der Waals surface area contributed by atoms with E-state index < -0.39 is 0 Å². The molecule has 0 saturated carbocycles. The Labute approximate surface area is 116 Å². The van der Waals surface area contributed by atoms with Gasteiger partial charge in [-0.25, -0.2) is 9.97 Å². The van der Waals surface area contributed by atoms with E-state index in [1.165, 1.54) is 0 Å². The summed E-state index contributed by atoms with van der Waals surface area (Å²) in [6.45, 7) is 0.549. The summed E-state index contributed by atoms with van der Waals surface area (Å²) in [6.07, 6.45) is 1.60. The molecule has 0 unspecified atom stereocenters. The van der Waals surface area contributed by atoms with Crippen molar-refractivity contribution in [2.24, 2.45) is 0 Å². The topological polar surface area (TPSA) is 56.3 Å². The van der Waals surface area contributed by atoms with Crippen molar-refractivity contribution in [3.63, 3.8) is 0 Å². The van der Waals surface area contributed by atoms with E-state index in [9.17, 15) is 0 Å². The third-order valence-electron chi connectivity index (χ3n) is 2.57. The van der Waals surface area contributed by atoms with Crippen molar-refractivity contribution in [1.29, 1.82) is 0 Å². The lowest BCUT2D eigenvalue weighted by atomic mass is 10.2. The van der Waals surface area contributed by atoms with Gasteiger partial charge in [0.2, 0.25) is 5.28 Å². The molecule has 0 radical (unpaired) electrons. The number of ether oxygens (including phenoxy) is 2. The van der Waals surface area contributed by atoms with Crippen molar-refractivity contribution in [1.82, 2.24) is 9.97 Å². The molecule has 0 spiro atoms.